The van der Waals surface area contributed by atoms with Gasteiger partial charge in [-0.1, -0.05) is 24.3 Å². The van der Waals surface area contributed by atoms with Crippen molar-refractivity contribution in [3.63, 3.8) is 0 Å². The molecule has 23 heavy (non-hydrogen) atoms. The van der Waals surface area contributed by atoms with Crippen LogP contribution in [0.25, 0.3) is 11.8 Å². The standard InChI is InChI=1S/C18H14FN3O/c19-15-5-4-6-16(11-15)21-18(23)10-9-14-12-20-22(13-14)17-7-2-1-3-8-17/h1-13H,(H,21,23). The molecule has 0 spiro atoms. The molecule has 0 saturated heterocycles. The van der Waals surface area contributed by atoms with E-state index in [0.29, 0.717) is 5.69 Å². The maximum Gasteiger partial charge on any atom is 0.248 e. The number of benzene rings is 2. The van der Waals surface area contributed by atoms with E-state index < -0.39 is 5.82 Å². The first-order valence-corrected chi connectivity index (χ1v) is 7.05. The lowest BCUT2D eigenvalue weighted by Gasteiger charge is -2.01. The Morgan fingerprint density at radius 3 is 2.74 bits per heavy atom. The quantitative estimate of drug-likeness (QED) is 0.748. The van der Waals surface area contributed by atoms with Crippen LogP contribution in [0.2, 0.25) is 0 Å². The van der Waals surface area contributed by atoms with Crippen LogP contribution in [0.5, 0.6) is 0 Å². The van der Waals surface area contributed by atoms with Crippen molar-refractivity contribution < 1.29 is 9.18 Å². The molecule has 1 aromatic heterocycles. The summed E-state index contributed by atoms with van der Waals surface area (Å²) in [6, 6.07) is 15.4. The Labute approximate surface area is 132 Å². The lowest BCUT2D eigenvalue weighted by Crippen LogP contribution is -2.07. The van der Waals surface area contributed by atoms with E-state index in [1.54, 1.807) is 29.1 Å². The Morgan fingerprint density at radius 2 is 1.96 bits per heavy atom. The first kappa shape index (κ1) is 14.7. The summed E-state index contributed by atoms with van der Waals surface area (Å²) in [6.07, 6.45) is 6.53. The molecule has 5 heteroatoms. The molecule has 0 fully saturated rings. The van der Waals surface area contributed by atoms with Crippen molar-refractivity contribution >= 4 is 17.7 Å². The summed E-state index contributed by atoms with van der Waals surface area (Å²) in [5.74, 6) is -0.723. The lowest BCUT2D eigenvalue weighted by molar-refractivity contribution is -0.111. The number of hydrogen-bond donors (Lipinski definition) is 1. The number of anilines is 1. The highest BCUT2D eigenvalue weighted by Crippen LogP contribution is 2.11. The zero-order chi connectivity index (χ0) is 16.1. The topological polar surface area (TPSA) is 46.9 Å². The molecule has 3 rings (SSSR count). The van der Waals surface area contributed by atoms with Crippen LogP contribution in [-0.2, 0) is 4.79 Å². The van der Waals surface area contributed by atoms with Crippen molar-refractivity contribution in [2.45, 2.75) is 0 Å². The monoisotopic (exact) mass is 307 g/mol. The molecule has 4 nitrogen and oxygen atoms in total. The van der Waals surface area contributed by atoms with E-state index >= 15 is 0 Å². The van der Waals surface area contributed by atoms with Crippen molar-refractivity contribution in [3.8, 4) is 5.69 Å². The predicted octanol–water partition coefficient (Wildman–Crippen LogP) is 3.66. The van der Waals surface area contributed by atoms with Gasteiger partial charge >= 0.3 is 0 Å². The average Bonchev–Trinajstić information content (AvgIpc) is 3.03. The van der Waals surface area contributed by atoms with Crippen LogP contribution in [0, 0.1) is 5.82 Å². The molecule has 0 saturated carbocycles. The number of rotatable bonds is 4. The highest BCUT2D eigenvalue weighted by molar-refractivity contribution is 6.01. The third-order valence-corrected chi connectivity index (χ3v) is 3.14. The Hall–Kier alpha value is -3.21. The molecule has 0 radical (unpaired) electrons. The fourth-order valence-electron chi connectivity index (χ4n) is 2.07. The Balaban J connectivity index is 1.66. The molecule has 0 aliphatic carbocycles. The van der Waals surface area contributed by atoms with E-state index in [-0.39, 0.29) is 5.91 Å². The smallest absolute Gasteiger partial charge is 0.248 e. The zero-order valence-corrected chi connectivity index (χ0v) is 12.2. The maximum absolute atomic E-state index is 13.1. The lowest BCUT2D eigenvalue weighted by atomic mass is 10.3. The molecule has 2 aromatic carbocycles. The molecule has 0 unspecified atom stereocenters. The number of carbonyl (C=O) groups is 1. The van der Waals surface area contributed by atoms with Crippen LogP contribution in [0.4, 0.5) is 10.1 Å². The molecule has 1 N–H and O–H groups in total. The molecule has 0 bridgehead atoms. The first-order chi connectivity index (χ1) is 11.2. The number of hydrogen-bond acceptors (Lipinski definition) is 2. The summed E-state index contributed by atoms with van der Waals surface area (Å²) in [5.41, 5.74) is 2.15. The van der Waals surface area contributed by atoms with Crippen LogP contribution >= 0.6 is 0 Å². The minimum Gasteiger partial charge on any atom is -0.322 e. The summed E-state index contributed by atoms with van der Waals surface area (Å²) in [5, 5.41) is 6.84. The van der Waals surface area contributed by atoms with Crippen LogP contribution in [0.15, 0.2) is 73.1 Å². The Bertz CT molecular complexity index is 840. The second-order valence-corrected chi connectivity index (χ2v) is 4.89. The average molecular weight is 307 g/mol. The third-order valence-electron chi connectivity index (χ3n) is 3.14. The van der Waals surface area contributed by atoms with Gasteiger partial charge in [0.2, 0.25) is 5.91 Å². The molecular formula is C18H14FN3O. The second kappa shape index (κ2) is 6.70. The van der Waals surface area contributed by atoms with Crippen molar-refractivity contribution in [2.75, 3.05) is 5.32 Å². The van der Waals surface area contributed by atoms with Gasteiger partial charge in [-0.3, -0.25) is 4.79 Å². The molecule has 1 amide bonds. The summed E-state index contributed by atoms with van der Waals surface area (Å²) in [6.45, 7) is 0. The molecular weight excluding hydrogens is 293 g/mol. The van der Waals surface area contributed by atoms with Crippen LogP contribution in [0.1, 0.15) is 5.56 Å². The number of nitrogens with one attached hydrogen (secondary N) is 1. The minimum atomic E-state index is -0.393. The van der Waals surface area contributed by atoms with Gasteiger partial charge < -0.3 is 5.32 Å². The number of nitrogens with zero attached hydrogens (tertiary/aromatic N) is 2. The van der Waals surface area contributed by atoms with E-state index in [1.165, 1.54) is 18.2 Å². The SMILES string of the molecule is O=C(C=Cc1cnn(-c2ccccc2)c1)Nc1cccc(F)c1. The summed E-state index contributed by atoms with van der Waals surface area (Å²) in [4.78, 5) is 11.8. The van der Waals surface area contributed by atoms with Crippen LogP contribution in [0.3, 0.4) is 0 Å². The molecule has 114 valence electrons. The summed E-state index contributed by atoms with van der Waals surface area (Å²) >= 11 is 0. The van der Waals surface area contributed by atoms with Crippen molar-refractivity contribution in [2.24, 2.45) is 0 Å². The highest BCUT2D eigenvalue weighted by atomic mass is 19.1. The fourth-order valence-corrected chi connectivity index (χ4v) is 2.07. The normalized spacial score (nSPS) is 10.8. The minimum absolute atomic E-state index is 0.330. The molecule has 0 atom stereocenters. The zero-order valence-electron chi connectivity index (χ0n) is 12.2. The highest BCUT2D eigenvalue weighted by Gasteiger charge is 2.01. The Morgan fingerprint density at radius 1 is 1.13 bits per heavy atom. The van der Waals surface area contributed by atoms with Gasteiger partial charge in [0.25, 0.3) is 0 Å². The van der Waals surface area contributed by atoms with Gasteiger partial charge in [-0.2, -0.15) is 5.10 Å². The van der Waals surface area contributed by atoms with Crippen LogP contribution < -0.4 is 5.32 Å². The van der Waals surface area contributed by atoms with Gasteiger partial charge in [0.05, 0.1) is 11.9 Å². The molecule has 0 aliphatic rings. The van der Waals surface area contributed by atoms with Gasteiger partial charge in [0.15, 0.2) is 0 Å². The first-order valence-electron chi connectivity index (χ1n) is 7.05. The number of halogens is 1. The fraction of sp³-hybridized carbons (Fsp3) is 0. The molecule has 1 heterocycles. The van der Waals surface area contributed by atoms with Gasteiger partial charge in [0.1, 0.15) is 5.82 Å². The van der Waals surface area contributed by atoms with Crippen molar-refractivity contribution in [1.82, 2.24) is 9.78 Å². The van der Waals surface area contributed by atoms with E-state index in [1.807, 2.05) is 36.5 Å². The van der Waals surface area contributed by atoms with E-state index in [9.17, 15) is 9.18 Å². The van der Waals surface area contributed by atoms with Gasteiger partial charge in [-0.05, 0) is 36.4 Å². The number of para-hydroxylation sites is 1. The van der Waals surface area contributed by atoms with Crippen molar-refractivity contribution in [1.29, 1.82) is 0 Å². The van der Waals surface area contributed by atoms with E-state index in [0.717, 1.165) is 11.3 Å². The number of aromatic nitrogens is 2. The van der Waals surface area contributed by atoms with Gasteiger partial charge in [-0.25, -0.2) is 9.07 Å². The molecule has 3 aromatic rings. The van der Waals surface area contributed by atoms with Gasteiger partial charge in [0, 0.05) is 23.5 Å². The third kappa shape index (κ3) is 3.91. The molecule has 0 aliphatic heterocycles. The van der Waals surface area contributed by atoms with E-state index in [2.05, 4.69) is 10.4 Å². The van der Waals surface area contributed by atoms with Crippen molar-refractivity contribution in [3.05, 3.63) is 84.4 Å². The predicted molar refractivity (Wildman–Crippen MR) is 87.6 cm³/mol. The largest absolute Gasteiger partial charge is 0.322 e. The maximum atomic E-state index is 13.1. The Kier molecular flexibility index (Phi) is 4.29. The second-order valence-electron chi connectivity index (χ2n) is 4.89. The summed E-state index contributed by atoms with van der Waals surface area (Å²) < 4.78 is 14.8. The summed E-state index contributed by atoms with van der Waals surface area (Å²) in [7, 11) is 0. The van der Waals surface area contributed by atoms with Crippen LogP contribution in [-0.4, -0.2) is 15.7 Å². The van der Waals surface area contributed by atoms with Gasteiger partial charge in [-0.15, -0.1) is 0 Å². The number of carbonyl (C=O) groups excluding carboxylic acids is 1. The number of amides is 1. The van der Waals surface area contributed by atoms with E-state index in [4.69, 9.17) is 0 Å².